The summed E-state index contributed by atoms with van der Waals surface area (Å²) in [6, 6.07) is 8.46. The van der Waals surface area contributed by atoms with E-state index in [1.807, 2.05) is 0 Å². The van der Waals surface area contributed by atoms with Gasteiger partial charge in [0.15, 0.2) is 0 Å². The normalized spacial score (nSPS) is 10.0. The van der Waals surface area contributed by atoms with Crippen LogP contribution < -0.4 is 29.6 Å². The van der Waals surface area contributed by atoms with Gasteiger partial charge in [-0.05, 0) is 12.1 Å². The molecule has 0 aromatic heterocycles. The zero-order chi connectivity index (χ0) is 19.1. The fourth-order valence-electron chi connectivity index (χ4n) is 2.27. The quantitative estimate of drug-likeness (QED) is 0.730. The molecule has 0 spiro atoms. The van der Waals surface area contributed by atoms with Crippen LogP contribution in [0.3, 0.4) is 0 Å². The predicted molar refractivity (Wildman–Crippen MR) is 101 cm³/mol. The van der Waals surface area contributed by atoms with Gasteiger partial charge in [0.2, 0.25) is 5.91 Å². The number of methoxy groups -OCH3 is 4. The molecule has 2 rings (SSSR count). The molecule has 2 aromatic rings. The third kappa shape index (κ3) is 4.64. The van der Waals surface area contributed by atoms with E-state index in [4.69, 9.17) is 30.5 Å². The van der Waals surface area contributed by atoms with Crippen LogP contribution in [0.25, 0.3) is 0 Å². The maximum absolute atomic E-state index is 12.3. The van der Waals surface area contributed by atoms with Crippen molar-refractivity contribution in [2.24, 2.45) is 0 Å². The van der Waals surface area contributed by atoms with Gasteiger partial charge in [0.25, 0.3) is 0 Å². The highest BCUT2D eigenvalue weighted by molar-refractivity contribution is 6.32. The molecular formula is C18H21ClN2O5. The van der Waals surface area contributed by atoms with Crippen molar-refractivity contribution in [2.75, 3.05) is 45.6 Å². The lowest BCUT2D eigenvalue weighted by molar-refractivity contribution is -0.114. The summed E-state index contributed by atoms with van der Waals surface area (Å²) in [6.07, 6.45) is 0. The highest BCUT2D eigenvalue weighted by atomic mass is 35.5. The summed E-state index contributed by atoms with van der Waals surface area (Å²) in [4.78, 5) is 12.3. The Balaban J connectivity index is 2.08. The zero-order valence-corrected chi connectivity index (χ0v) is 15.8. The molecule has 140 valence electrons. The monoisotopic (exact) mass is 380 g/mol. The Hall–Kier alpha value is -2.80. The van der Waals surface area contributed by atoms with Crippen molar-refractivity contribution in [3.63, 3.8) is 0 Å². The van der Waals surface area contributed by atoms with E-state index >= 15 is 0 Å². The van der Waals surface area contributed by atoms with Gasteiger partial charge in [0, 0.05) is 18.2 Å². The number of amides is 1. The van der Waals surface area contributed by atoms with Crippen molar-refractivity contribution in [1.29, 1.82) is 0 Å². The Bertz CT molecular complexity index is 782. The standard InChI is InChI=1S/C18H21ClN2O5/c1-23-11-5-6-13(16(7-11)25-3)20-10-18(22)21-14-9-15(24-2)12(19)8-17(14)26-4/h5-9,20H,10H2,1-4H3,(H,21,22). The van der Waals surface area contributed by atoms with Gasteiger partial charge < -0.3 is 29.6 Å². The Labute approximate surface area is 157 Å². The van der Waals surface area contributed by atoms with Gasteiger partial charge in [0.1, 0.15) is 23.0 Å². The van der Waals surface area contributed by atoms with E-state index < -0.39 is 0 Å². The minimum absolute atomic E-state index is 0.0246. The number of nitrogens with one attached hydrogen (secondary N) is 2. The first-order chi connectivity index (χ1) is 12.5. The highest BCUT2D eigenvalue weighted by Gasteiger charge is 2.13. The molecule has 0 fully saturated rings. The lowest BCUT2D eigenvalue weighted by atomic mass is 10.2. The molecule has 0 aliphatic rings. The molecule has 0 saturated heterocycles. The van der Waals surface area contributed by atoms with Crippen LogP contribution in [0.15, 0.2) is 30.3 Å². The van der Waals surface area contributed by atoms with E-state index in [1.165, 1.54) is 14.2 Å². The third-order valence-electron chi connectivity index (χ3n) is 3.60. The summed E-state index contributed by atoms with van der Waals surface area (Å²) in [7, 11) is 6.11. The van der Waals surface area contributed by atoms with Gasteiger partial charge in [-0.2, -0.15) is 0 Å². The number of ether oxygens (including phenoxy) is 4. The van der Waals surface area contributed by atoms with Crippen LogP contribution in [0.5, 0.6) is 23.0 Å². The number of hydrogen-bond acceptors (Lipinski definition) is 6. The summed E-state index contributed by atoms with van der Waals surface area (Å²) in [5.74, 6) is 1.84. The molecule has 0 atom stereocenters. The van der Waals surface area contributed by atoms with E-state index in [-0.39, 0.29) is 12.5 Å². The zero-order valence-electron chi connectivity index (χ0n) is 15.0. The molecule has 0 heterocycles. The average Bonchev–Trinajstić information content (AvgIpc) is 2.67. The van der Waals surface area contributed by atoms with Gasteiger partial charge in [0.05, 0.1) is 51.4 Å². The molecule has 2 aromatic carbocycles. The van der Waals surface area contributed by atoms with Gasteiger partial charge in [-0.3, -0.25) is 4.79 Å². The Morgan fingerprint density at radius 3 is 2.15 bits per heavy atom. The number of carbonyl (C=O) groups excluding carboxylic acids is 1. The number of anilines is 2. The van der Waals surface area contributed by atoms with Gasteiger partial charge in [-0.25, -0.2) is 0 Å². The molecule has 0 radical (unpaired) electrons. The Kier molecular flexibility index (Phi) is 6.80. The number of benzene rings is 2. The molecule has 1 amide bonds. The first-order valence-corrected chi connectivity index (χ1v) is 8.07. The van der Waals surface area contributed by atoms with Crippen LogP contribution >= 0.6 is 11.6 Å². The van der Waals surface area contributed by atoms with Crippen molar-refractivity contribution in [3.05, 3.63) is 35.4 Å². The van der Waals surface area contributed by atoms with E-state index in [0.29, 0.717) is 39.4 Å². The fraction of sp³-hybridized carbons (Fsp3) is 0.278. The van der Waals surface area contributed by atoms with E-state index in [1.54, 1.807) is 44.6 Å². The fourth-order valence-corrected chi connectivity index (χ4v) is 2.50. The second kappa shape index (κ2) is 9.05. The molecule has 0 saturated carbocycles. The minimum Gasteiger partial charge on any atom is -0.497 e. The van der Waals surface area contributed by atoms with Crippen LogP contribution in [0.1, 0.15) is 0 Å². The van der Waals surface area contributed by atoms with Crippen molar-refractivity contribution >= 4 is 28.9 Å². The molecule has 0 aliphatic carbocycles. The molecule has 0 bridgehead atoms. The maximum Gasteiger partial charge on any atom is 0.243 e. The third-order valence-corrected chi connectivity index (χ3v) is 3.89. The lowest BCUT2D eigenvalue weighted by Gasteiger charge is -2.15. The van der Waals surface area contributed by atoms with Crippen molar-refractivity contribution < 1.29 is 23.7 Å². The number of halogens is 1. The summed E-state index contributed by atoms with van der Waals surface area (Å²) in [5, 5.41) is 6.18. The first-order valence-electron chi connectivity index (χ1n) is 7.69. The molecule has 0 unspecified atom stereocenters. The van der Waals surface area contributed by atoms with E-state index in [9.17, 15) is 4.79 Å². The van der Waals surface area contributed by atoms with Crippen LogP contribution in [0.4, 0.5) is 11.4 Å². The largest absolute Gasteiger partial charge is 0.497 e. The maximum atomic E-state index is 12.3. The molecular weight excluding hydrogens is 360 g/mol. The van der Waals surface area contributed by atoms with Crippen molar-refractivity contribution in [2.45, 2.75) is 0 Å². The molecule has 26 heavy (non-hydrogen) atoms. The van der Waals surface area contributed by atoms with Crippen molar-refractivity contribution in [1.82, 2.24) is 0 Å². The molecule has 0 aliphatic heterocycles. The Morgan fingerprint density at radius 1 is 0.885 bits per heavy atom. The second-order valence-corrected chi connectivity index (χ2v) is 5.56. The molecule has 7 nitrogen and oxygen atoms in total. The van der Waals surface area contributed by atoms with Gasteiger partial charge in [-0.1, -0.05) is 11.6 Å². The first kappa shape index (κ1) is 19.5. The summed E-state index contributed by atoms with van der Waals surface area (Å²) in [5.41, 5.74) is 1.13. The predicted octanol–water partition coefficient (Wildman–Crippen LogP) is 3.43. The lowest BCUT2D eigenvalue weighted by Crippen LogP contribution is -2.22. The minimum atomic E-state index is -0.273. The highest BCUT2D eigenvalue weighted by Crippen LogP contribution is 2.36. The summed E-state index contributed by atoms with van der Waals surface area (Å²) in [6.45, 7) is 0.0246. The van der Waals surface area contributed by atoms with Crippen LogP contribution in [-0.4, -0.2) is 40.9 Å². The topological polar surface area (TPSA) is 78.1 Å². The van der Waals surface area contributed by atoms with E-state index in [2.05, 4.69) is 10.6 Å². The number of rotatable bonds is 8. The molecule has 2 N–H and O–H groups in total. The van der Waals surface area contributed by atoms with Crippen LogP contribution in [0.2, 0.25) is 5.02 Å². The number of carbonyl (C=O) groups is 1. The average molecular weight is 381 g/mol. The molecule has 8 heteroatoms. The Morgan fingerprint density at radius 2 is 1.54 bits per heavy atom. The second-order valence-electron chi connectivity index (χ2n) is 5.15. The smallest absolute Gasteiger partial charge is 0.243 e. The number of hydrogen-bond donors (Lipinski definition) is 2. The summed E-state index contributed by atoms with van der Waals surface area (Å²) < 4.78 is 20.9. The van der Waals surface area contributed by atoms with Gasteiger partial charge in [-0.15, -0.1) is 0 Å². The van der Waals surface area contributed by atoms with Crippen LogP contribution in [0, 0.1) is 0 Å². The summed E-state index contributed by atoms with van der Waals surface area (Å²) >= 11 is 6.06. The van der Waals surface area contributed by atoms with Gasteiger partial charge >= 0.3 is 0 Å². The van der Waals surface area contributed by atoms with Crippen LogP contribution in [-0.2, 0) is 4.79 Å². The SMILES string of the molecule is COc1ccc(NCC(=O)Nc2cc(OC)c(Cl)cc2OC)c(OC)c1. The van der Waals surface area contributed by atoms with Crippen molar-refractivity contribution in [3.8, 4) is 23.0 Å². The van der Waals surface area contributed by atoms with E-state index in [0.717, 1.165) is 0 Å².